The molecule has 0 aliphatic carbocycles. The van der Waals surface area contributed by atoms with Crippen LogP contribution in [0.1, 0.15) is 43.5 Å². The molecule has 0 unspecified atom stereocenters. The van der Waals surface area contributed by atoms with Gasteiger partial charge in [0.05, 0.1) is 6.61 Å². The molecular formula is C24H30N2O5. The minimum absolute atomic E-state index is 0.0426. The van der Waals surface area contributed by atoms with Gasteiger partial charge in [-0.25, -0.2) is 0 Å². The number of carbonyl (C=O) groups excluding carboxylic acids is 2. The molecule has 0 saturated heterocycles. The van der Waals surface area contributed by atoms with Gasteiger partial charge >= 0.3 is 0 Å². The Kier molecular flexibility index (Phi) is 8.15. The Morgan fingerprint density at radius 1 is 1.00 bits per heavy atom. The molecule has 7 nitrogen and oxygen atoms in total. The molecule has 166 valence electrons. The van der Waals surface area contributed by atoms with Crippen molar-refractivity contribution < 1.29 is 23.8 Å². The highest BCUT2D eigenvalue weighted by Crippen LogP contribution is 2.32. The van der Waals surface area contributed by atoms with E-state index in [4.69, 9.17) is 14.2 Å². The van der Waals surface area contributed by atoms with Gasteiger partial charge < -0.3 is 24.4 Å². The number of benzene rings is 2. The molecule has 0 fully saturated rings. The zero-order valence-corrected chi connectivity index (χ0v) is 18.2. The van der Waals surface area contributed by atoms with E-state index < -0.39 is 0 Å². The maximum absolute atomic E-state index is 12.8. The van der Waals surface area contributed by atoms with Crippen molar-refractivity contribution in [2.45, 2.75) is 33.1 Å². The molecule has 7 heteroatoms. The quantitative estimate of drug-likeness (QED) is 0.578. The van der Waals surface area contributed by atoms with Crippen LogP contribution in [0.5, 0.6) is 17.2 Å². The van der Waals surface area contributed by atoms with Gasteiger partial charge in [0.25, 0.3) is 5.91 Å². The first kappa shape index (κ1) is 22.5. The molecular weight excluding hydrogens is 396 g/mol. The normalized spacial score (nSPS) is 12.2. The number of unbranched alkanes of at least 4 members (excludes halogenated alkanes) is 2. The molecule has 1 aliphatic heterocycles. The fraction of sp³-hybridized carbons (Fsp3) is 0.417. The second-order valence-electron chi connectivity index (χ2n) is 7.31. The lowest BCUT2D eigenvalue weighted by molar-refractivity contribution is -0.116. The van der Waals surface area contributed by atoms with E-state index in [0.29, 0.717) is 49.1 Å². The van der Waals surface area contributed by atoms with Crippen LogP contribution in [0.15, 0.2) is 42.5 Å². The second kappa shape index (κ2) is 11.2. The highest BCUT2D eigenvalue weighted by Gasteiger charge is 2.18. The number of rotatable bonds is 10. The summed E-state index contributed by atoms with van der Waals surface area (Å²) in [5.74, 6) is 1.53. The minimum Gasteiger partial charge on any atom is -0.494 e. The molecule has 0 saturated carbocycles. The summed E-state index contributed by atoms with van der Waals surface area (Å²) in [6, 6.07) is 12.3. The van der Waals surface area contributed by atoms with Gasteiger partial charge in [0.15, 0.2) is 11.5 Å². The average Bonchev–Trinajstić information content (AvgIpc) is 2.80. The SMILES string of the molecule is CCCCCOc1ccc(C(=O)N(CC)CC(=O)Nc2ccc3c(c2)OCCO3)cc1. The summed E-state index contributed by atoms with van der Waals surface area (Å²) in [6.45, 7) is 6.03. The molecule has 2 aromatic carbocycles. The van der Waals surface area contributed by atoms with Crippen molar-refractivity contribution in [3.05, 3.63) is 48.0 Å². The van der Waals surface area contributed by atoms with Crippen molar-refractivity contribution in [2.24, 2.45) is 0 Å². The molecule has 0 bridgehead atoms. The molecule has 0 atom stereocenters. The monoisotopic (exact) mass is 426 g/mol. The van der Waals surface area contributed by atoms with Gasteiger partial charge in [0.1, 0.15) is 25.5 Å². The van der Waals surface area contributed by atoms with Crippen LogP contribution in [-0.2, 0) is 4.79 Å². The lowest BCUT2D eigenvalue weighted by Gasteiger charge is -2.21. The Bertz CT molecular complexity index is 882. The maximum Gasteiger partial charge on any atom is 0.254 e. The lowest BCUT2D eigenvalue weighted by atomic mass is 10.2. The van der Waals surface area contributed by atoms with E-state index in [9.17, 15) is 9.59 Å². The molecule has 3 rings (SSSR count). The van der Waals surface area contributed by atoms with Crippen LogP contribution >= 0.6 is 0 Å². The molecule has 2 amide bonds. The standard InChI is InChI=1S/C24H30N2O5/c1-3-5-6-13-29-20-10-7-18(8-11-20)24(28)26(4-2)17-23(27)25-19-9-12-21-22(16-19)31-15-14-30-21/h7-12,16H,3-6,13-15,17H2,1-2H3,(H,25,27). The van der Waals surface area contributed by atoms with Crippen molar-refractivity contribution in [3.63, 3.8) is 0 Å². The van der Waals surface area contributed by atoms with Crippen LogP contribution in [0.25, 0.3) is 0 Å². The van der Waals surface area contributed by atoms with Crippen molar-refractivity contribution in [1.82, 2.24) is 4.90 Å². The number of hydrogen-bond acceptors (Lipinski definition) is 5. The number of carbonyl (C=O) groups is 2. The Morgan fingerprint density at radius 2 is 1.74 bits per heavy atom. The van der Waals surface area contributed by atoms with Crippen molar-refractivity contribution in [1.29, 1.82) is 0 Å². The van der Waals surface area contributed by atoms with Crippen LogP contribution in [0.3, 0.4) is 0 Å². The van der Waals surface area contributed by atoms with Crippen LogP contribution < -0.4 is 19.5 Å². The average molecular weight is 427 g/mol. The molecule has 0 spiro atoms. The zero-order chi connectivity index (χ0) is 22.1. The number of nitrogens with one attached hydrogen (secondary N) is 1. The molecule has 1 N–H and O–H groups in total. The van der Waals surface area contributed by atoms with Crippen LogP contribution in [0.2, 0.25) is 0 Å². The van der Waals surface area contributed by atoms with E-state index in [1.54, 1.807) is 42.5 Å². The molecule has 1 aliphatic rings. The predicted octanol–water partition coefficient (Wildman–Crippen LogP) is 4.13. The summed E-state index contributed by atoms with van der Waals surface area (Å²) >= 11 is 0. The zero-order valence-electron chi connectivity index (χ0n) is 18.2. The van der Waals surface area contributed by atoms with Gasteiger partial charge in [0, 0.05) is 23.9 Å². The smallest absolute Gasteiger partial charge is 0.254 e. The third kappa shape index (κ3) is 6.38. The van der Waals surface area contributed by atoms with Gasteiger partial charge in [-0.1, -0.05) is 19.8 Å². The predicted molar refractivity (Wildman–Crippen MR) is 119 cm³/mol. The molecule has 31 heavy (non-hydrogen) atoms. The van der Waals surface area contributed by atoms with E-state index in [2.05, 4.69) is 12.2 Å². The summed E-state index contributed by atoms with van der Waals surface area (Å²) in [5, 5.41) is 2.82. The number of hydrogen-bond donors (Lipinski definition) is 1. The first-order valence-electron chi connectivity index (χ1n) is 10.8. The van der Waals surface area contributed by atoms with Gasteiger partial charge in [0.2, 0.25) is 5.91 Å². The van der Waals surface area contributed by atoms with E-state index in [0.717, 1.165) is 25.0 Å². The molecule has 1 heterocycles. The van der Waals surface area contributed by atoms with Gasteiger partial charge in [-0.15, -0.1) is 0 Å². The number of nitrogens with zero attached hydrogens (tertiary/aromatic N) is 1. The number of amides is 2. The van der Waals surface area contributed by atoms with Crippen molar-refractivity contribution in [2.75, 3.05) is 38.2 Å². The maximum atomic E-state index is 12.8. The van der Waals surface area contributed by atoms with Crippen molar-refractivity contribution >= 4 is 17.5 Å². The Balaban J connectivity index is 1.54. The highest BCUT2D eigenvalue weighted by molar-refractivity contribution is 5.99. The van der Waals surface area contributed by atoms with Crippen molar-refractivity contribution in [3.8, 4) is 17.2 Å². The molecule has 0 radical (unpaired) electrons. The highest BCUT2D eigenvalue weighted by atomic mass is 16.6. The summed E-state index contributed by atoms with van der Waals surface area (Å²) in [6.07, 6.45) is 3.29. The minimum atomic E-state index is -0.275. The third-order valence-corrected chi connectivity index (χ3v) is 4.95. The summed E-state index contributed by atoms with van der Waals surface area (Å²) in [5.41, 5.74) is 1.12. The number of ether oxygens (including phenoxy) is 3. The largest absolute Gasteiger partial charge is 0.494 e. The van der Waals surface area contributed by atoms with E-state index >= 15 is 0 Å². The first-order chi connectivity index (χ1) is 15.1. The third-order valence-electron chi connectivity index (χ3n) is 4.95. The van der Waals surface area contributed by atoms with Gasteiger partial charge in [-0.3, -0.25) is 9.59 Å². The summed E-state index contributed by atoms with van der Waals surface area (Å²) in [7, 11) is 0. The summed E-state index contributed by atoms with van der Waals surface area (Å²) in [4.78, 5) is 26.9. The van der Waals surface area contributed by atoms with Crippen LogP contribution in [0.4, 0.5) is 5.69 Å². The first-order valence-corrected chi connectivity index (χ1v) is 10.8. The molecule has 2 aromatic rings. The lowest BCUT2D eigenvalue weighted by Crippen LogP contribution is -2.37. The van der Waals surface area contributed by atoms with Crippen LogP contribution in [-0.4, -0.2) is 49.6 Å². The Hall–Kier alpha value is -3.22. The number of likely N-dealkylation sites (N-methyl/N-ethyl adjacent to an activating group) is 1. The van der Waals surface area contributed by atoms with Gasteiger partial charge in [-0.2, -0.15) is 0 Å². The second-order valence-corrected chi connectivity index (χ2v) is 7.31. The fourth-order valence-electron chi connectivity index (χ4n) is 3.24. The number of fused-ring (bicyclic) bond motifs is 1. The molecule has 0 aromatic heterocycles. The van der Waals surface area contributed by atoms with Gasteiger partial charge in [-0.05, 0) is 49.7 Å². The summed E-state index contributed by atoms with van der Waals surface area (Å²) < 4.78 is 16.7. The van der Waals surface area contributed by atoms with E-state index in [1.807, 2.05) is 6.92 Å². The number of anilines is 1. The topological polar surface area (TPSA) is 77.1 Å². The Labute approximate surface area is 183 Å². The van der Waals surface area contributed by atoms with Crippen LogP contribution in [0, 0.1) is 0 Å². The van der Waals surface area contributed by atoms with E-state index in [1.165, 1.54) is 4.90 Å². The van der Waals surface area contributed by atoms with E-state index in [-0.39, 0.29) is 18.4 Å². The fourth-order valence-corrected chi connectivity index (χ4v) is 3.24. The Morgan fingerprint density at radius 3 is 2.45 bits per heavy atom.